The zero-order valence-corrected chi connectivity index (χ0v) is 8.43. The van der Waals surface area contributed by atoms with Crippen LogP contribution < -0.4 is 0 Å². The van der Waals surface area contributed by atoms with Crippen LogP contribution in [0.2, 0.25) is 0 Å². The number of hydrogen-bond acceptors (Lipinski definition) is 1. The first-order chi connectivity index (χ1) is 5.33. The van der Waals surface area contributed by atoms with E-state index in [1.165, 1.54) is 5.56 Å². The molecule has 0 aromatic heterocycles. The van der Waals surface area contributed by atoms with Crippen LogP contribution in [0.4, 0.5) is 0 Å². The molecule has 0 aliphatic heterocycles. The van der Waals surface area contributed by atoms with Crippen molar-refractivity contribution in [3.05, 3.63) is 34.3 Å². The Bertz CT molecular complexity index is 181. The molecular formula is C9H13BrO. The minimum atomic E-state index is 1.00. The number of benzene rings is 1. The predicted molar refractivity (Wildman–Crippen MR) is 51.7 cm³/mol. The molecule has 1 aromatic carbocycles. The lowest BCUT2D eigenvalue weighted by molar-refractivity contribution is 0.399. The highest BCUT2D eigenvalue weighted by Crippen LogP contribution is 2.10. The van der Waals surface area contributed by atoms with Crippen LogP contribution in [0.5, 0.6) is 0 Å². The third-order valence-corrected chi connectivity index (χ3v) is 1.85. The van der Waals surface area contributed by atoms with Crippen molar-refractivity contribution in [1.29, 1.82) is 0 Å². The smallest absolute Gasteiger partial charge is 0.0319 e. The number of halogens is 1. The van der Waals surface area contributed by atoms with Gasteiger partial charge in [-0.15, -0.1) is 0 Å². The van der Waals surface area contributed by atoms with E-state index in [1.807, 2.05) is 0 Å². The van der Waals surface area contributed by atoms with E-state index in [0.717, 1.165) is 18.0 Å². The van der Waals surface area contributed by atoms with E-state index in [4.69, 9.17) is 5.11 Å². The van der Waals surface area contributed by atoms with E-state index in [9.17, 15) is 0 Å². The highest BCUT2D eigenvalue weighted by Gasteiger charge is 1.86. The molecule has 0 saturated carbocycles. The molecule has 0 unspecified atom stereocenters. The Morgan fingerprint density at radius 2 is 1.64 bits per heavy atom. The van der Waals surface area contributed by atoms with Crippen LogP contribution >= 0.6 is 15.9 Å². The largest absolute Gasteiger partial charge is 0.400 e. The first kappa shape index (κ1) is 10.7. The number of aliphatic hydroxyl groups is 1. The summed E-state index contributed by atoms with van der Waals surface area (Å²) in [6.45, 7) is 2.16. The molecule has 0 amide bonds. The van der Waals surface area contributed by atoms with Crippen molar-refractivity contribution >= 4 is 15.9 Å². The molecule has 0 heterocycles. The van der Waals surface area contributed by atoms with Crippen molar-refractivity contribution in [2.24, 2.45) is 0 Å². The fraction of sp³-hybridized carbons (Fsp3) is 0.333. The Balaban J connectivity index is 0.000000461. The lowest BCUT2D eigenvalue weighted by Crippen LogP contribution is -1.75. The summed E-state index contributed by atoms with van der Waals surface area (Å²) in [5.74, 6) is 0. The number of hydrogen-bond donors (Lipinski definition) is 1. The van der Waals surface area contributed by atoms with E-state index in [1.54, 1.807) is 0 Å². The van der Waals surface area contributed by atoms with Crippen LogP contribution in [-0.2, 0) is 6.42 Å². The summed E-state index contributed by atoms with van der Waals surface area (Å²) < 4.78 is 1.15. The van der Waals surface area contributed by atoms with Gasteiger partial charge < -0.3 is 5.11 Å². The van der Waals surface area contributed by atoms with Gasteiger partial charge in [0.25, 0.3) is 0 Å². The summed E-state index contributed by atoms with van der Waals surface area (Å²) >= 11 is 3.37. The molecule has 0 aliphatic rings. The fourth-order valence-electron chi connectivity index (χ4n) is 0.720. The SMILES string of the molecule is CCc1ccc(Br)cc1.CO. The Labute approximate surface area is 76.2 Å². The summed E-state index contributed by atoms with van der Waals surface area (Å²) in [5, 5.41) is 7.00. The van der Waals surface area contributed by atoms with Crippen LogP contribution in [-0.4, -0.2) is 12.2 Å². The molecule has 1 rings (SSSR count). The second-order valence-electron chi connectivity index (χ2n) is 1.98. The second kappa shape index (κ2) is 6.38. The molecule has 0 radical (unpaired) electrons. The van der Waals surface area contributed by atoms with Crippen molar-refractivity contribution in [1.82, 2.24) is 0 Å². The van der Waals surface area contributed by atoms with Gasteiger partial charge in [0.15, 0.2) is 0 Å². The molecule has 2 heteroatoms. The maximum absolute atomic E-state index is 7.00. The maximum atomic E-state index is 7.00. The average Bonchev–Trinajstić information content (AvgIpc) is 2.10. The van der Waals surface area contributed by atoms with Gasteiger partial charge in [0, 0.05) is 11.6 Å². The van der Waals surface area contributed by atoms with Gasteiger partial charge >= 0.3 is 0 Å². The van der Waals surface area contributed by atoms with E-state index < -0.39 is 0 Å². The van der Waals surface area contributed by atoms with Crippen molar-refractivity contribution in [3.63, 3.8) is 0 Å². The summed E-state index contributed by atoms with van der Waals surface area (Å²) in [6, 6.07) is 8.39. The quantitative estimate of drug-likeness (QED) is 0.766. The number of aliphatic hydroxyl groups excluding tert-OH is 1. The Hall–Kier alpha value is -0.340. The average molecular weight is 217 g/mol. The summed E-state index contributed by atoms with van der Waals surface area (Å²) in [5.41, 5.74) is 1.39. The zero-order chi connectivity index (χ0) is 8.69. The fourth-order valence-corrected chi connectivity index (χ4v) is 0.984. The third-order valence-electron chi connectivity index (χ3n) is 1.32. The van der Waals surface area contributed by atoms with Gasteiger partial charge in [0.2, 0.25) is 0 Å². The first-order valence-corrected chi connectivity index (χ1v) is 4.31. The summed E-state index contributed by atoms with van der Waals surface area (Å²) in [6.07, 6.45) is 1.12. The van der Waals surface area contributed by atoms with Crippen LogP contribution in [0, 0.1) is 0 Å². The highest BCUT2D eigenvalue weighted by atomic mass is 79.9. The van der Waals surface area contributed by atoms with Crippen molar-refractivity contribution in [2.75, 3.05) is 7.11 Å². The van der Waals surface area contributed by atoms with E-state index in [2.05, 4.69) is 47.1 Å². The predicted octanol–water partition coefficient (Wildman–Crippen LogP) is 2.62. The molecule has 0 atom stereocenters. The molecule has 0 spiro atoms. The van der Waals surface area contributed by atoms with Crippen LogP contribution in [0.1, 0.15) is 12.5 Å². The summed E-state index contributed by atoms with van der Waals surface area (Å²) in [4.78, 5) is 0. The van der Waals surface area contributed by atoms with Crippen molar-refractivity contribution in [2.45, 2.75) is 13.3 Å². The molecule has 0 bridgehead atoms. The lowest BCUT2D eigenvalue weighted by Gasteiger charge is -1.93. The van der Waals surface area contributed by atoms with Crippen LogP contribution in [0.3, 0.4) is 0 Å². The Kier molecular flexibility index (Phi) is 6.18. The second-order valence-corrected chi connectivity index (χ2v) is 2.90. The van der Waals surface area contributed by atoms with Crippen molar-refractivity contribution in [3.8, 4) is 0 Å². The number of aryl methyl sites for hydroxylation is 1. The standard InChI is InChI=1S/C8H9Br.CH4O/c1-2-7-3-5-8(9)6-4-7;1-2/h3-6H,2H2,1H3;2H,1H3. The van der Waals surface area contributed by atoms with E-state index >= 15 is 0 Å². The van der Waals surface area contributed by atoms with Gasteiger partial charge in [-0.1, -0.05) is 35.0 Å². The minimum absolute atomic E-state index is 1.00. The molecule has 0 fully saturated rings. The van der Waals surface area contributed by atoms with E-state index in [-0.39, 0.29) is 0 Å². The van der Waals surface area contributed by atoms with Gasteiger partial charge in [-0.2, -0.15) is 0 Å². The topological polar surface area (TPSA) is 20.2 Å². The normalized spacial score (nSPS) is 8.36. The highest BCUT2D eigenvalue weighted by molar-refractivity contribution is 9.10. The molecular weight excluding hydrogens is 204 g/mol. The number of rotatable bonds is 1. The van der Waals surface area contributed by atoms with Crippen LogP contribution in [0.15, 0.2) is 28.7 Å². The van der Waals surface area contributed by atoms with E-state index in [0.29, 0.717) is 0 Å². The van der Waals surface area contributed by atoms with Gasteiger partial charge in [-0.3, -0.25) is 0 Å². The zero-order valence-electron chi connectivity index (χ0n) is 6.84. The van der Waals surface area contributed by atoms with Gasteiger partial charge in [-0.05, 0) is 24.1 Å². The molecule has 0 saturated heterocycles. The van der Waals surface area contributed by atoms with Crippen LogP contribution in [0.25, 0.3) is 0 Å². The molecule has 1 aromatic rings. The Morgan fingerprint density at radius 3 is 2.00 bits per heavy atom. The van der Waals surface area contributed by atoms with Crippen molar-refractivity contribution < 1.29 is 5.11 Å². The van der Waals surface area contributed by atoms with Gasteiger partial charge in [-0.25, -0.2) is 0 Å². The molecule has 1 nitrogen and oxygen atoms in total. The molecule has 62 valence electrons. The lowest BCUT2D eigenvalue weighted by atomic mass is 10.2. The minimum Gasteiger partial charge on any atom is -0.400 e. The monoisotopic (exact) mass is 216 g/mol. The molecule has 0 aliphatic carbocycles. The first-order valence-electron chi connectivity index (χ1n) is 3.52. The maximum Gasteiger partial charge on any atom is 0.0319 e. The summed E-state index contributed by atoms with van der Waals surface area (Å²) in [7, 11) is 1.00. The molecule has 1 N–H and O–H groups in total. The molecule has 11 heavy (non-hydrogen) atoms. The Morgan fingerprint density at radius 1 is 1.18 bits per heavy atom. The third kappa shape index (κ3) is 4.17. The van der Waals surface area contributed by atoms with Gasteiger partial charge in [0.05, 0.1) is 0 Å². The van der Waals surface area contributed by atoms with Gasteiger partial charge in [0.1, 0.15) is 0 Å².